The van der Waals surface area contributed by atoms with Crippen molar-refractivity contribution in [2.75, 3.05) is 24.7 Å². The maximum Gasteiger partial charge on any atom is 0.143 e. The summed E-state index contributed by atoms with van der Waals surface area (Å²) in [4.78, 5) is 0. The minimum atomic E-state index is 0.470. The molecule has 0 heterocycles. The topological polar surface area (TPSA) is 70.5 Å². The van der Waals surface area contributed by atoms with Crippen molar-refractivity contribution in [1.82, 2.24) is 0 Å². The van der Waals surface area contributed by atoms with E-state index in [9.17, 15) is 0 Å². The Balaban J connectivity index is 1.69. The minimum Gasteiger partial charge on any atom is -0.492 e. The van der Waals surface area contributed by atoms with E-state index in [1.54, 1.807) is 0 Å². The van der Waals surface area contributed by atoms with E-state index in [0.717, 1.165) is 88.6 Å². The minimum absolute atomic E-state index is 0.470. The van der Waals surface area contributed by atoms with Crippen LogP contribution in [0.5, 0.6) is 11.5 Å². The molecule has 4 nitrogen and oxygen atoms in total. The quantitative estimate of drug-likeness (QED) is 0.147. The molecule has 4 heteroatoms. The summed E-state index contributed by atoms with van der Waals surface area (Å²) in [5.41, 5.74) is 23.4. The van der Waals surface area contributed by atoms with Crippen LogP contribution in [-0.2, 0) is 0 Å². The highest BCUT2D eigenvalue weighted by molar-refractivity contribution is 6.11. The molecule has 0 aliphatic heterocycles. The first-order chi connectivity index (χ1) is 23.2. The maximum atomic E-state index is 6.55. The predicted octanol–water partition coefficient (Wildman–Crippen LogP) is 9.66. The second-order valence-corrected chi connectivity index (χ2v) is 12.1. The fourth-order valence-corrected chi connectivity index (χ4v) is 6.30. The standard InChI is InChI=1S/C44H40N2O2/c1-7-47-43-35(19-17-31-21-27(3)41(45)28(4)22-31)25-33-13-9-11-15-37(33)39(43)40-38-16-12-10-14-34(38)26-36(44(40)48-8-2)20-18-32-23-29(5)42(46)30(6)24-32/h9-16,21-26H,7-8,45-46H2,1-6H3. The van der Waals surface area contributed by atoms with Gasteiger partial charge in [-0.05, 0) is 122 Å². The van der Waals surface area contributed by atoms with Crippen LogP contribution in [0.2, 0.25) is 0 Å². The summed E-state index contributed by atoms with van der Waals surface area (Å²) in [7, 11) is 0. The Kier molecular flexibility index (Phi) is 9.02. The van der Waals surface area contributed by atoms with Gasteiger partial charge in [0, 0.05) is 33.6 Å². The third-order valence-corrected chi connectivity index (χ3v) is 8.70. The molecule has 0 fully saturated rings. The fraction of sp³-hybridized carbons (Fsp3) is 0.182. The second kappa shape index (κ2) is 13.5. The van der Waals surface area contributed by atoms with Crippen LogP contribution in [0.25, 0.3) is 32.7 Å². The highest BCUT2D eigenvalue weighted by Crippen LogP contribution is 2.48. The molecular formula is C44H40N2O2. The molecular weight excluding hydrogens is 588 g/mol. The Morgan fingerprint density at radius 1 is 0.500 bits per heavy atom. The first-order valence-electron chi connectivity index (χ1n) is 16.3. The lowest BCUT2D eigenvalue weighted by molar-refractivity contribution is 0.336. The van der Waals surface area contributed by atoms with Crippen LogP contribution in [0.4, 0.5) is 11.4 Å². The van der Waals surface area contributed by atoms with Crippen molar-refractivity contribution in [3.8, 4) is 46.3 Å². The number of hydrogen-bond donors (Lipinski definition) is 2. The smallest absolute Gasteiger partial charge is 0.143 e. The Bertz CT molecular complexity index is 2130. The SMILES string of the molecule is CCOc1c(C#Cc2cc(C)c(N)c(C)c2)cc2ccccc2c1-c1c(OCC)c(C#Cc2cc(C)c(N)c(C)c2)cc2ccccc12. The monoisotopic (exact) mass is 628 g/mol. The second-order valence-electron chi connectivity index (χ2n) is 12.1. The van der Waals surface area contributed by atoms with Crippen LogP contribution in [-0.4, -0.2) is 13.2 Å². The van der Waals surface area contributed by atoms with Crippen molar-refractivity contribution < 1.29 is 9.47 Å². The largest absolute Gasteiger partial charge is 0.492 e. The van der Waals surface area contributed by atoms with Gasteiger partial charge in [0.1, 0.15) is 11.5 Å². The molecule has 0 aromatic heterocycles. The number of benzene rings is 6. The number of fused-ring (bicyclic) bond motifs is 2. The molecule has 6 rings (SSSR count). The summed E-state index contributed by atoms with van der Waals surface area (Å²) >= 11 is 0. The highest BCUT2D eigenvalue weighted by atomic mass is 16.5. The normalized spacial score (nSPS) is 10.7. The Hall–Kier alpha value is -5.84. The van der Waals surface area contributed by atoms with Gasteiger partial charge in [-0.15, -0.1) is 0 Å². The van der Waals surface area contributed by atoms with Crippen LogP contribution in [0, 0.1) is 51.4 Å². The molecule has 6 aromatic rings. The van der Waals surface area contributed by atoms with Gasteiger partial charge in [0.2, 0.25) is 0 Å². The fourth-order valence-electron chi connectivity index (χ4n) is 6.30. The van der Waals surface area contributed by atoms with Gasteiger partial charge < -0.3 is 20.9 Å². The molecule has 48 heavy (non-hydrogen) atoms. The number of nitrogen functional groups attached to an aromatic ring is 2. The van der Waals surface area contributed by atoms with Gasteiger partial charge in [-0.2, -0.15) is 0 Å². The molecule has 0 saturated heterocycles. The zero-order chi connectivity index (χ0) is 33.9. The molecule has 0 atom stereocenters. The molecule has 0 amide bonds. The van der Waals surface area contributed by atoms with Gasteiger partial charge in [-0.3, -0.25) is 0 Å². The molecule has 0 aliphatic rings. The van der Waals surface area contributed by atoms with E-state index in [1.165, 1.54) is 0 Å². The van der Waals surface area contributed by atoms with E-state index >= 15 is 0 Å². The summed E-state index contributed by atoms with van der Waals surface area (Å²) in [5.74, 6) is 15.2. The summed E-state index contributed by atoms with van der Waals surface area (Å²) in [6.07, 6.45) is 0. The maximum absolute atomic E-state index is 6.55. The van der Waals surface area contributed by atoms with Gasteiger partial charge in [0.25, 0.3) is 0 Å². The number of ether oxygens (including phenoxy) is 2. The number of hydrogen-bond acceptors (Lipinski definition) is 4. The van der Waals surface area contributed by atoms with Crippen LogP contribution in [0.3, 0.4) is 0 Å². The van der Waals surface area contributed by atoms with Gasteiger partial charge in [-0.1, -0.05) is 72.2 Å². The lowest BCUT2D eigenvalue weighted by atomic mass is 9.88. The third-order valence-electron chi connectivity index (χ3n) is 8.70. The van der Waals surface area contributed by atoms with E-state index in [0.29, 0.717) is 24.7 Å². The number of anilines is 2. The van der Waals surface area contributed by atoms with Crippen molar-refractivity contribution in [3.05, 3.63) is 129 Å². The molecule has 0 saturated carbocycles. The number of rotatable bonds is 5. The van der Waals surface area contributed by atoms with Gasteiger partial charge in [0.15, 0.2) is 0 Å². The van der Waals surface area contributed by atoms with E-state index in [2.05, 4.69) is 84.3 Å². The first kappa shape index (κ1) is 32.1. The zero-order valence-electron chi connectivity index (χ0n) is 28.5. The summed E-state index contributed by atoms with van der Waals surface area (Å²) < 4.78 is 13.1. The average Bonchev–Trinajstić information content (AvgIpc) is 3.08. The van der Waals surface area contributed by atoms with E-state index in [1.807, 2.05) is 65.8 Å². The van der Waals surface area contributed by atoms with Crippen LogP contribution in [0.15, 0.2) is 84.9 Å². The number of aryl methyl sites for hydroxylation is 4. The lowest BCUT2D eigenvalue weighted by Gasteiger charge is -2.21. The molecule has 0 aliphatic carbocycles. The van der Waals surface area contributed by atoms with Crippen molar-refractivity contribution in [2.24, 2.45) is 0 Å². The molecule has 0 bridgehead atoms. The predicted molar refractivity (Wildman–Crippen MR) is 202 cm³/mol. The molecule has 0 unspecified atom stereocenters. The van der Waals surface area contributed by atoms with Gasteiger partial charge in [-0.25, -0.2) is 0 Å². The average molecular weight is 629 g/mol. The Labute approximate surface area is 283 Å². The highest BCUT2D eigenvalue weighted by Gasteiger charge is 2.23. The van der Waals surface area contributed by atoms with Crippen molar-refractivity contribution in [2.45, 2.75) is 41.5 Å². The summed E-state index contributed by atoms with van der Waals surface area (Å²) in [5, 5.41) is 4.21. The van der Waals surface area contributed by atoms with E-state index < -0.39 is 0 Å². The first-order valence-corrected chi connectivity index (χ1v) is 16.3. The Morgan fingerprint density at radius 3 is 1.21 bits per heavy atom. The van der Waals surface area contributed by atoms with E-state index in [-0.39, 0.29) is 0 Å². The molecule has 0 radical (unpaired) electrons. The van der Waals surface area contributed by atoms with Crippen LogP contribution < -0.4 is 20.9 Å². The molecule has 4 N–H and O–H groups in total. The van der Waals surface area contributed by atoms with Crippen LogP contribution in [0.1, 0.15) is 58.4 Å². The molecule has 238 valence electrons. The van der Waals surface area contributed by atoms with Crippen molar-refractivity contribution >= 4 is 32.9 Å². The van der Waals surface area contributed by atoms with Gasteiger partial charge >= 0.3 is 0 Å². The van der Waals surface area contributed by atoms with Crippen molar-refractivity contribution in [3.63, 3.8) is 0 Å². The Morgan fingerprint density at radius 2 is 0.854 bits per heavy atom. The lowest BCUT2D eigenvalue weighted by Crippen LogP contribution is -2.03. The molecule has 0 spiro atoms. The third kappa shape index (κ3) is 6.14. The van der Waals surface area contributed by atoms with Gasteiger partial charge in [0.05, 0.1) is 24.3 Å². The zero-order valence-corrected chi connectivity index (χ0v) is 28.5. The van der Waals surface area contributed by atoms with Crippen molar-refractivity contribution in [1.29, 1.82) is 0 Å². The summed E-state index contributed by atoms with van der Waals surface area (Å²) in [6.45, 7) is 13.0. The van der Waals surface area contributed by atoms with Crippen LogP contribution >= 0.6 is 0 Å². The summed E-state index contributed by atoms with van der Waals surface area (Å²) in [6, 6.07) is 29.1. The number of nitrogens with two attached hydrogens (primary N) is 2. The molecule has 6 aromatic carbocycles. The van der Waals surface area contributed by atoms with E-state index in [4.69, 9.17) is 20.9 Å².